The highest BCUT2D eigenvalue weighted by Gasteiger charge is 2.74. The molecule has 0 aliphatic carbocycles. The zero-order valence-electron chi connectivity index (χ0n) is 29.7. The molecule has 3 aromatic rings. The van der Waals surface area contributed by atoms with Crippen LogP contribution in [0.25, 0.3) is 0 Å². The largest absolute Gasteiger partial charge is 0.497 e. The third kappa shape index (κ3) is 7.22. The number of nitrogens with one attached hydrogen (secondary N) is 1. The van der Waals surface area contributed by atoms with Crippen LogP contribution < -0.4 is 10.1 Å². The summed E-state index contributed by atoms with van der Waals surface area (Å²) in [7, 11) is 3.08. The molecule has 5 bridgehead atoms. The van der Waals surface area contributed by atoms with Gasteiger partial charge in [0, 0.05) is 26.6 Å². The summed E-state index contributed by atoms with van der Waals surface area (Å²) >= 11 is 0. The smallest absolute Gasteiger partial charge is 0.313 e. The van der Waals surface area contributed by atoms with Gasteiger partial charge in [0.25, 0.3) is 11.8 Å². The van der Waals surface area contributed by atoms with Crippen molar-refractivity contribution in [3.63, 3.8) is 0 Å². The Kier molecular flexibility index (Phi) is 10.7. The van der Waals surface area contributed by atoms with Crippen molar-refractivity contribution in [2.24, 2.45) is 11.8 Å². The SMILES string of the molecule is COC[C@@H]1NC(=O)CC/C=C\CN(Cc2ccccc2)C(=O)[C@H]2N(OCc3ccc(OC)cc3)C(=O)[C@@H]3[C@@H](C(=O)O[C@H]1c1ccccc1)[C@H]1C=C[C@]32O1. The minimum Gasteiger partial charge on any atom is -0.497 e. The van der Waals surface area contributed by atoms with Crippen molar-refractivity contribution in [1.29, 1.82) is 0 Å². The lowest BCUT2D eigenvalue weighted by Crippen LogP contribution is -2.55. The van der Waals surface area contributed by atoms with E-state index in [1.807, 2.05) is 84.9 Å². The first-order valence-corrected chi connectivity index (χ1v) is 17.8. The minimum absolute atomic E-state index is 0.0301. The topological polar surface area (TPSA) is 133 Å². The fourth-order valence-corrected chi connectivity index (χ4v) is 7.72. The quantitative estimate of drug-likeness (QED) is 0.257. The number of fused-ring (bicyclic) bond motifs is 2. The maximum atomic E-state index is 15.0. The molecule has 0 unspecified atom stereocenters. The van der Waals surface area contributed by atoms with Crippen LogP contribution in [0.1, 0.15) is 35.6 Å². The van der Waals surface area contributed by atoms with Gasteiger partial charge in [-0.1, -0.05) is 97.1 Å². The third-order valence-electron chi connectivity index (χ3n) is 10.3. The Morgan fingerprint density at radius 2 is 1.60 bits per heavy atom. The average molecular weight is 722 g/mol. The molecule has 12 nitrogen and oxygen atoms in total. The Balaban J connectivity index is 1.29. The third-order valence-corrected chi connectivity index (χ3v) is 10.3. The molecule has 0 aromatic heterocycles. The first-order chi connectivity index (χ1) is 25.8. The van der Waals surface area contributed by atoms with E-state index in [0.29, 0.717) is 17.7 Å². The van der Waals surface area contributed by atoms with E-state index in [1.54, 1.807) is 36.3 Å². The van der Waals surface area contributed by atoms with Crippen LogP contribution >= 0.6 is 0 Å². The van der Waals surface area contributed by atoms with E-state index in [0.717, 1.165) is 16.2 Å². The second kappa shape index (κ2) is 15.7. The number of carbonyl (C=O) groups is 4. The predicted molar refractivity (Wildman–Crippen MR) is 191 cm³/mol. The van der Waals surface area contributed by atoms with Crippen LogP contribution in [0.3, 0.4) is 0 Å². The van der Waals surface area contributed by atoms with Gasteiger partial charge in [-0.2, -0.15) is 0 Å². The number of hydroxylamine groups is 2. The molecule has 53 heavy (non-hydrogen) atoms. The van der Waals surface area contributed by atoms with Crippen molar-refractivity contribution < 1.29 is 43.0 Å². The van der Waals surface area contributed by atoms with E-state index in [2.05, 4.69) is 5.32 Å². The molecule has 0 saturated carbocycles. The molecule has 3 aromatic carbocycles. The van der Waals surface area contributed by atoms with Gasteiger partial charge in [-0.15, -0.1) is 0 Å². The molecule has 1 spiro atoms. The number of hydrogen-bond donors (Lipinski definition) is 1. The van der Waals surface area contributed by atoms with E-state index >= 15 is 0 Å². The van der Waals surface area contributed by atoms with E-state index < -0.39 is 59.5 Å². The number of allylic oxidation sites excluding steroid dienone is 1. The average Bonchev–Trinajstić information content (AvgIpc) is 3.83. The lowest BCUT2D eigenvalue weighted by Gasteiger charge is -2.35. The fourth-order valence-electron chi connectivity index (χ4n) is 7.72. The van der Waals surface area contributed by atoms with Crippen LogP contribution in [0.2, 0.25) is 0 Å². The van der Waals surface area contributed by atoms with Crippen LogP contribution in [0.15, 0.2) is 109 Å². The monoisotopic (exact) mass is 721 g/mol. The van der Waals surface area contributed by atoms with Gasteiger partial charge in [0.1, 0.15) is 30.0 Å². The number of benzene rings is 3. The molecular formula is C41H43N3O9. The van der Waals surface area contributed by atoms with Crippen LogP contribution in [-0.4, -0.2) is 84.8 Å². The fraction of sp³-hybridized carbons (Fsp3) is 0.366. The highest BCUT2D eigenvalue weighted by molar-refractivity contribution is 5.98. The zero-order valence-corrected chi connectivity index (χ0v) is 29.7. The summed E-state index contributed by atoms with van der Waals surface area (Å²) in [6, 6.07) is 23.8. The Morgan fingerprint density at radius 1 is 0.868 bits per heavy atom. The van der Waals surface area contributed by atoms with Gasteiger partial charge in [-0.05, 0) is 35.2 Å². The van der Waals surface area contributed by atoms with Gasteiger partial charge in [0.05, 0.1) is 31.8 Å². The van der Waals surface area contributed by atoms with E-state index in [-0.39, 0.29) is 38.6 Å². The van der Waals surface area contributed by atoms with Crippen molar-refractivity contribution in [3.8, 4) is 5.75 Å². The molecule has 7 rings (SSSR count). The second-order valence-corrected chi connectivity index (χ2v) is 13.6. The van der Waals surface area contributed by atoms with E-state index in [9.17, 15) is 19.2 Å². The Labute approximate surface area is 308 Å². The molecule has 12 heteroatoms. The van der Waals surface area contributed by atoms with Crippen molar-refractivity contribution in [3.05, 3.63) is 126 Å². The number of rotatable bonds is 9. The summed E-state index contributed by atoms with van der Waals surface area (Å²) in [5, 5.41) is 4.11. The summed E-state index contributed by atoms with van der Waals surface area (Å²) in [6.07, 6.45) is 5.94. The van der Waals surface area contributed by atoms with Crippen LogP contribution in [0, 0.1) is 11.8 Å². The second-order valence-electron chi connectivity index (χ2n) is 13.6. The summed E-state index contributed by atoms with van der Waals surface area (Å²) in [6.45, 7) is 0.452. The molecule has 4 aliphatic rings. The predicted octanol–water partition coefficient (Wildman–Crippen LogP) is 4.07. The highest BCUT2D eigenvalue weighted by Crippen LogP contribution is 2.56. The Hall–Kier alpha value is -5.30. The lowest BCUT2D eigenvalue weighted by molar-refractivity contribution is -0.211. The van der Waals surface area contributed by atoms with Gasteiger partial charge in [-0.25, -0.2) is 5.06 Å². The number of hydrogen-bond acceptors (Lipinski definition) is 9. The number of carbonyl (C=O) groups excluding carboxylic acids is 4. The van der Waals surface area contributed by atoms with Crippen LogP contribution in [0.5, 0.6) is 5.75 Å². The zero-order chi connectivity index (χ0) is 37.0. The highest BCUT2D eigenvalue weighted by atomic mass is 16.7. The molecule has 4 aliphatic heterocycles. The van der Waals surface area contributed by atoms with E-state index in [1.165, 1.54) is 7.11 Å². The standard InChI is InChI=1S/C41H43N3O9/c1-49-26-31-36(29-14-8-4-9-15-29)52-40(48)34-32-21-22-41(53-32)35(34)38(46)44(51-25-28-17-19-30(50-2)20-18-28)37(41)39(47)43(24-27-12-6-3-7-13-27)23-11-5-10-16-33(45)42-31/h3-9,11-15,17-22,31-32,34-37H,10,16,23-26H2,1-2H3,(H,42,45)/b11-5-/t31-,32+,34-,35-,36-,37+,41-/m0/s1. The van der Waals surface area contributed by atoms with Gasteiger partial charge in [-0.3, -0.25) is 24.0 Å². The molecule has 4 heterocycles. The van der Waals surface area contributed by atoms with Crippen molar-refractivity contribution in [2.45, 2.75) is 55.9 Å². The number of cyclic esters (lactones) is 1. The Bertz CT molecular complexity index is 1850. The maximum absolute atomic E-state index is 15.0. The number of esters is 1. The van der Waals surface area contributed by atoms with Gasteiger partial charge < -0.3 is 29.2 Å². The normalized spacial score (nSPS) is 29.2. The first kappa shape index (κ1) is 36.1. The molecule has 0 radical (unpaired) electrons. The van der Waals surface area contributed by atoms with Crippen molar-refractivity contribution >= 4 is 23.7 Å². The molecule has 7 atom stereocenters. The van der Waals surface area contributed by atoms with Gasteiger partial charge in [0.2, 0.25) is 5.91 Å². The first-order valence-electron chi connectivity index (χ1n) is 17.8. The molecule has 3 amide bonds. The van der Waals surface area contributed by atoms with Crippen molar-refractivity contribution in [1.82, 2.24) is 15.3 Å². The number of ether oxygens (including phenoxy) is 4. The van der Waals surface area contributed by atoms with Gasteiger partial charge in [0.15, 0.2) is 6.04 Å². The Morgan fingerprint density at radius 3 is 2.32 bits per heavy atom. The number of methoxy groups -OCH3 is 2. The summed E-state index contributed by atoms with van der Waals surface area (Å²) in [5.41, 5.74) is 0.763. The summed E-state index contributed by atoms with van der Waals surface area (Å²) in [4.78, 5) is 65.2. The van der Waals surface area contributed by atoms with Crippen LogP contribution in [-0.2, 0) is 51.4 Å². The maximum Gasteiger partial charge on any atom is 0.313 e. The lowest BCUT2D eigenvalue weighted by atomic mass is 9.74. The summed E-state index contributed by atoms with van der Waals surface area (Å²) < 4.78 is 23.6. The molecule has 1 N–H and O–H groups in total. The van der Waals surface area contributed by atoms with Crippen molar-refractivity contribution in [2.75, 3.05) is 27.4 Å². The number of amides is 3. The van der Waals surface area contributed by atoms with Gasteiger partial charge >= 0.3 is 5.97 Å². The van der Waals surface area contributed by atoms with E-state index in [4.69, 9.17) is 23.8 Å². The molecule has 2 saturated heterocycles. The molecular weight excluding hydrogens is 678 g/mol. The van der Waals surface area contributed by atoms with Crippen LogP contribution in [0.4, 0.5) is 0 Å². The number of nitrogens with zero attached hydrogens (tertiary/aromatic N) is 2. The molecule has 2 fully saturated rings. The minimum atomic E-state index is -1.50. The summed E-state index contributed by atoms with van der Waals surface area (Å²) in [5.74, 6) is -3.46. The molecule has 276 valence electrons.